The summed E-state index contributed by atoms with van der Waals surface area (Å²) in [6.07, 6.45) is 2.23. The van der Waals surface area contributed by atoms with E-state index in [1.54, 1.807) is 11.3 Å². The summed E-state index contributed by atoms with van der Waals surface area (Å²) in [6.45, 7) is 1.59. The van der Waals surface area contributed by atoms with Gasteiger partial charge < -0.3 is 10.2 Å². The first kappa shape index (κ1) is 14.4. The Kier molecular flexibility index (Phi) is 4.17. The van der Waals surface area contributed by atoms with Gasteiger partial charge in [-0.25, -0.2) is 0 Å². The van der Waals surface area contributed by atoms with Crippen LogP contribution in [0.25, 0.3) is 0 Å². The third-order valence-electron chi connectivity index (χ3n) is 3.66. The lowest BCUT2D eigenvalue weighted by atomic mass is 10.1. The van der Waals surface area contributed by atoms with E-state index in [4.69, 9.17) is 11.6 Å². The summed E-state index contributed by atoms with van der Waals surface area (Å²) < 4.78 is 0. The monoisotopic (exact) mass is 320 g/mol. The van der Waals surface area contributed by atoms with Crippen molar-refractivity contribution in [2.75, 3.05) is 18.5 Å². The van der Waals surface area contributed by atoms with Crippen molar-refractivity contribution in [3.8, 4) is 0 Å². The zero-order chi connectivity index (χ0) is 14.8. The summed E-state index contributed by atoms with van der Waals surface area (Å²) in [4.78, 5) is 15.3. The zero-order valence-corrected chi connectivity index (χ0v) is 13.4. The van der Waals surface area contributed by atoms with E-state index in [9.17, 15) is 4.79 Å². The lowest BCUT2D eigenvalue weighted by Crippen LogP contribution is -2.22. The molecule has 2 aromatic rings. The van der Waals surface area contributed by atoms with E-state index in [1.807, 2.05) is 30.3 Å². The highest BCUT2D eigenvalue weighted by molar-refractivity contribution is 7.18. The van der Waals surface area contributed by atoms with Crippen LogP contribution in [0.4, 0.5) is 5.00 Å². The Morgan fingerprint density at radius 3 is 2.86 bits per heavy atom. The van der Waals surface area contributed by atoms with E-state index in [1.165, 1.54) is 10.6 Å². The maximum Gasteiger partial charge on any atom is 0.261 e. The lowest BCUT2D eigenvalue weighted by molar-refractivity contribution is 0.0955. The van der Waals surface area contributed by atoms with Gasteiger partial charge in [0.15, 0.2) is 0 Å². The third kappa shape index (κ3) is 3.22. The molecule has 0 saturated heterocycles. The summed E-state index contributed by atoms with van der Waals surface area (Å²) in [5.74, 6) is -0.00208. The first-order valence-corrected chi connectivity index (χ1v) is 8.19. The van der Waals surface area contributed by atoms with Gasteiger partial charge in [-0.05, 0) is 42.2 Å². The molecule has 0 fully saturated rings. The molecule has 0 aliphatic carbocycles. The average Bonchev–Trinajstić information content (AvgIpc) is 2.92. The van der Waals surface area contributed by atoms with Crippen LogP contribution in [0, 0.1) is 0 Å². The second-order valence-corrected chi connectivity index (χ2v) is 6.74. The minimum Gasteiger partial charge on any atom is -0.366 e. The molecule has 5 heteroatoms. The maximum absolute atomic E-state index is 12.3. The number of aryl methyl sites for hydroxylation is 1. The van der Waals surface area contributed by atoms with Crippen molar-refractivity contribution in [2.45, 2.75) is 19.4 Å². The number of hydrogen-bond acceptors (Lipinski definition) is 3. The predicted octanol–water partition coefficient (Wildman–Crippen LogP) is 3.71. The van der Waals surface area contributed by atoms with Crippen LogP contribution in [0.1, 0.15) is 27.2 Å². The molecule has 1 amide bonds. The number of rotatable bonds is 3. The molecule has 0 radical (unpaired) electrons. The minimum atomic E-state index is -0.00208. The van der Waals surface area contributed by atoms with Gasteiger partial charge in [0.25, 0.3) is 5.91 Å². The van der Waals surface area contributed by atoms with Crippen LogP contribution in [0.3, 0.4) is 0 Å². The number of halogens is 1. The highest BCUT2D eigenvalue weighted by Gasteiger charge is 2.20. The molecule has 21 heavy (non-hydrogen) atoms. The van der Waals surface area contributed by atoms with Gasteiger partial charge in [-0.15, -0.1) is 11.3 Å². The molecule has 0 unspecified atom stereocenters. The fourth-order valence-corrected chi connectivity index (χ4v) is 3.75. The van der Waals surface area contributed by atoms with Gasteiger partial charge in [-0.1, -0.05) is 23.7 Å². The summed E-state index contributed by atoms with van der Waals surface area (Å²) in [6, 6.07) is 9.56. The molecule has 1 aromatic carbocycles. The van der Waals surface area contributed by atoms with Crippen molar-refractivity contribution in [1.29, 1.82) is 0 Å². The minimum absolute atomic E-state index is 0.00208. The second-order valence-electron chi connectivity index (χ2n) is 5.28. The number of amides is 1. The van der Waals surface area contributed by atoms with Gasteiger partial charge >= 0.3 is 0 Å². The van der Waals surface area contributed by atoms with Gasteiger partial charge in [-0.2, -0.15) is 0 Å². The van der Waals surface area contributed by atoms with Gasteiger partial charge in [0.1, 0.15) is 0 Å². The molecular weight excluding hydrogens is 304 g/mol. The number of anilines is 1. The molecule has 1 aromatic heterocycles. The molecule has 0 atom stereocenters. The fraction of sp³-hybridized carbons (Fsp3) is 0.312. The van der Waals surface area contributed by atoms with Crippen molar-refractivity contribution in [2.24, 2.45) is 0 Å². The van der Waals surface area contributed by atoms with Gasteiger partial charge in [-0.3, -0.25) is 4.79 Å². The van der Waals surface area contributed by atoms with Gasteiger partial charge in [0, 0.05) is 25.2 Å². The molecule has 110 valence electrons. The van der Waals surface area contributed by atoms with Crippen LogP contribution < -0.4 is 10.2 Å². The van der Waals surface area contributed by atoms with Crippen molar-refractivity contribution >= 4 is 33.8 Å². The summed E-state index contributed by atoms with van der Waals surface area (Å²) >= 11 is 7.43. The zero-order valence-electron chi connectivity index (χ0n) is 11.9. The molecule has 2 heterocycles. The Labute approximate surface area is 133 Å². The Hall–Kier alpha value is -1.52. The van der Waals surface area contributed by atoms with Gasteiger partial charge in [0.2, 0.25) is 0 Å². The number of carbonyl (C=O) groups excluding carboxylic acids is 1. The van der Waals surface area contributed by atoms with Crippen LogP contribution in [-0.4, -0.2) is 19.5 Å². The van der Waals surface area contributed by atoms with Crippen LogP contribution in [0.5, 0.6) is 0 Å². The molecule has 1 aliphatic heterocycles. The van der Waals surface area contributed by atoms with Crippen molar-refractivity contribution < 1.29 is 4.79 Å². The number of hydrogen-bond donors (Lipinski definition) is 1. The number of thiophene rings is 1. The molecule has 3 rings (SSSR count). The first-order chi connectivity index (χ1) is 10.1. The van der Waals surface area contributed by atoms with E-state index in [-0.39, 0.29) is 5.91 Å². The number of benzene rings is 1. The second kappa shape index (κ2) is 6.08. The Morgan fingerprint density at radius 2 is 2.14 bits per heavy atom. The standard InChI is InChI=1S/C16H17ClN2OS/c1-19-8-2-3-12-9-14(21-16(12)19)15(20)18-10-11-4-6-13(17)7-5-11/h4-7,9H,2-3,8,10H2,1H3,(H,18,20). The quantitative estimate of drug-likeness (QED) is 0.935. The topological polar surface area (TPSA) is 32.3 Å². The van der Waals surface area contributed by atoms with Gasteiger partial charge in [0.05, 0.1) is 9.88 Å². The molecule has 0 saturated carbocycles. The van der Waals surface area contributed by atoms with Crippen LogP contribution in [0.15, 0.2) is 30.3 Å². The first-order valence-electron chi connectivity index (χ1n) is 7.00. The van der Waals surface area contributed by atoms with Crippen LogP contribution in [0.2, 0.25) is 5.02 Å². The molecule has 0 spiro atoms. The largest absolute Gasteiger partial charge is 0.366 e. The fourth-order valence-electron chi connectivity index (χ4n) is 2.51. The number of nitrogens with one attached hydrogen (secondary N) is 1. The Bertz CT molecular complexity index is 651. The lowest BCUT2D eigenvalue weighted by Gasteiger charge is -2.23. The van der Waals surface area contributed by atoms with E-state index in [0.717, 1.165) is 29.8 Å². The number of fused-ring (bicyclic) bond motifs is 1. The highest BCUT2D eigenvalue weighted by atomic mass is 35.5. The Morgan fingerprint density at radius 1 is 1.38 bits per heavy atom. The summed E-state index contributed by atoms with van der Waals surface area (Å²) in [5.41, 5.74) is 2.34. The normalized spacial score (nSPS) is 13.9. The van der Waals surface area contributed by atoms with E-state index in [2.05, 4.69) is 17.3 Å². The highest BCUT2D eigenvalue weighted by Crippen LogP contribution is 2.34. The maximum atomic E-state index is 12.3. The SMILES string of the molecule is CN1CCCc2cc(C(=O)NCc3ccc(Cl)cc3)sc21. The molecule has 1 N–H and O–H groups in total. The molecule has 1 aliphatic rings. The molecular formula is C16H17ClN2OS. The van der Waals surface area contributed by atoms with Crippen LogP contribution >= 0.6 is 22.9 Å². The van der Waals surface area contributed by atoms with E-state index in [0.29, 0.717) is 11.6 Å². The van der Waals surface area contributed by atoms with Crippen molar-refractivity contribution in [3.63, 3.8) is 0 Å². The van der Waals surface area contributed by atoms with E-state index < -0.39 is 0 Å². The third-order valence-corrected chi connectivity index (χ3v) is 5.21. The molecule has 3 nitrogen and oxygen atoms in total. The van der Waals surface area contributed by atoms with Crippen molar-refractivity contribution in [3.05, 3.63) is 51.4 Å². The number of nitrogens with zero attached hydrogens (tertiary/aromatic N) is 1. The smallest absolute Gasteiger partial charge is 0.261 e. The average molecular weight is 321 g/mol. The summed E-state index contributed by atoms with van der Waals surface area (Å²) in [5, 5.41) is 4.91. The Balaban J connectivity index is 1.67. The van der Waals surface area contributed by atoms with E-state index >= 15 is 0 Å². The number of carbonyl (C=O) groups is 1. The van der Waals surface area contributed by atoms with Crippen molar-refractivity contribution in [1.82, 2.24) is 5.32 Å². The summed E-state index contributed by atoms with van der Waals surface area (Å²) in [7, 11) is 2.09. The molecule has 0 bridgehead atoms. The van der Waals surface area contributed by atoms with Crippen LogP contribution in [-0.2, 0) is 13.0 Å². The predicted molar refractivity (Wildman–Crippen MR) is 88.5 cm³/mol.